The lowest BCUT2D eigenvalue weighted by molar-refractivity contribution is 0.159. The van der Waals surface area contributed by atoms with Gasteiger partial charge < -0.3 is 4.74 Å². The maximum absolute atomic E-state index is 11.7. The second-order valence-electron chi connectivity index (χ2n) is 5.49. The number of carbonyl (C=O) groups is 1. The van der Waals surface area contributed by atoms with Crippen molar-refractivity contribution in [3.8, 4) is 0 Å². The molecule has 0 bridgehead atoms. The largest absolute Gasteiger partial charge is 0.449 e. The van der Waals surface area contributed by atoms with E-state index in [0.29, 0.717) is 12.3 Å². The molecule has 0 atom stereocenters. The number of anilines is 1. The summed E-state index contributed by atoms with van der Waals surface area (Å²) in [6.07, 6.45) is 9.34. The van der Waals surface area contributed by atoms with Crippen molar-refractivity contribution >= 4 is 17.9 Å². The maximum Gasteiger partial charge on any atom is 0.411 e. The molecule has 0 radical (unpaired) electrons. The second-order valence-corrected chi connectivity index (χ2v) is 5.49. The summed E-state index contributed by atoms with van der Waals surface area (Å²) < 4.78 is 5.16. The first-order valence-electron chi connectivity index (χ1n) is 8.32. The van der Waals surface area contributed by atoms with Crippen molar-refractivity contribution in [2.45, 2.75) is 58.4 Å². The molecule has 0 aliphatic carbocycles. The van der Waals surface area contributed by atoms with Crippen LogP contribution in [0.5, 0.6) is 0 Å². The molecule has 1 aromatic rings. The lowest BCUT2D eigenvalue weighted by atomic mass is 10.1. The Morgan fingerprint density at radius 2 is 1.91 bits per heavy atom. The van der Waals surface area contributed by atoms with Crippen LogP contribution in [0.1, 0.15) is 57.4 Å². The molecule has 1 rings (SSSR count). The number of rotatable bonds is 11. The Balaban J connectivity index is 2.17. The van der Waals surface area contributed by atoms with Gasteiger partial charge in [-0.05, 0) is 24.1 Å². The molecular weight excluding hydrogens is 292 g/mol. The normalized spacial score (nSPS) is 9.96. The summed E-state index contributed by atoms with van der Waals surface area (Å²) in [6, 6.07) is 7.15. The number of nitrogens with one attached hydrogen (secondary N) is 1. The number of benzene rings is 1. The van der Waals surface area contributed by atoms with E-state index in [4.69, 9.17) is 4.74 Å². The van der Waals surface area contributed by atoms with Crippen LogP contribution in [0.4, 0.5) is 10.5 Å². The van der Waals surface area contributed by atoms with E-state index in [2.05, 4.69) is 17.2 Å². The van der Waals surface area contributed by atoms with Crippen LogP contribution in [0.2, 0.25) is 0 Å². The SMILES string of the molecule is CCCCCCCCCOC(=O)Nc1cccc(CN=C=O)c1. The fourth-order valence-corrected chi connectivity index (χ4v) is 2.25. The summed E-state index contributed by atoms with van der Waals surface area (Å²) in [5.41, 5.74) is 1.46. The predicted molar refractivity (Wildman–Crippen MR) is 91.2 cm³/mol. The van der Waals surface area contributed by atoms with E-state index >= 15 is 0 Å². The first kappa shape index (κ1) is 18.9. The Morgan fingerprint density at radius 1 is 1.17 bits per heavy atom. The third-order valence-electron chi connectivity index (χ3n) is 3.48. The van der Waals surface area contributed by atoms with E-state index in [-0.39, 0.29) is 6.54 Å². The highest BCUT2D eigenvalue weighted by Crippen LogP contribution is 2.12. The first-order chi connectivity index (χ1) is 11.3. The molecule has 0 unspecified atom stereocenters. The van der Waals surface area contributed by atoms with E-state index < -0.39 is 6.09 Å². The Hall–Kier alpha value is -2.13. The Bertz CT molecular complexity index is 511. The molecule has 0 saturated carbocycles. The number of isocyanates is 1. The van der Waals surface area contributed by atoms with Crippen LogP contribution >= 0.6 is 0 Å². The molecule has 0 spiro atoms. The molecular formula is C18H26N2O3. The van der Waals surface area contributed by atoms with Crippen LogP contribution in [0.15, 0.2) is 29.3 Å². The molecule has 0 aromatic heterocycles. The number of amides is 1. The predicted octanol–water partition coefficient (Wildman–Crippen LogP) is 4.82. The molecule has 0 saturated heterocycles. The highest BCUT2D eigenvalue weighted by molar-refractivity contribution is 5.84. The third-order valence-corrected chi connectivity index (χ3v) is 3.48. The topological polar surface area (TPSA) is 67.8 Å². The van der Waals surface area contributed by atoms with Crippen LogP contribution < -0.4 is 5.32 Å². The fraction of sp³-hybridized carbons (Fsp3) is 0.556. The lowest BCUT2D eigenvalue weighted by Gasteiger charge is -2.08. The average Bonchev–Trinajstić information content (AvgIpc) is 2.55. The molecule has 0 fully saturated rings. The first-order valence-corrected chi connectivity index (χ1v) is 8.32. The molecule has 126 valence electrons. The lowest BCUT2D eigenvalue weighted by Crippen LogP contribution is -2.14. The third kappa shape index (κ3) is 9.48. The van der Waals surface area contributed by atoms with Crippen molar-refractivity contribution in [2.24, 2.45) is 4.99 Å². The summed E-state index contributed by atoms with van der Waals surface area (Å²) in [4.78, 5) is 25.3. The monoisotopic (exact) mass is 318 g/mol. The average molecular weight is 318 g/mol. The molecule has 5 nitrogen and oxygen atoms in total. The number of hydrogen-bond acceptors (Lipinski definition) is 4. The van der Waals surface area contributed by atoms with Gasteiger partial charge >= 0.3 is 6.09 Å². The van der Waals surface area contributed by atoms with Gasteiger partial charge in [0.05, 0.1) is 13.2 Å². The van der Waals surface area contributed by atoms with Gasteiger partial charge in [0.1, 0.15) is 0 Å². The highest BCUT2D eigenvalue weighted by atomic mass is 16.5. The Kier molecular flexibility index (Phi) is 10.2. The minimum absolute atomic E-state index is 0.256. The minimum Gasteiger partial charge on any atom is -0.449 e. The van der Waals surface area contributed by atoms with E-state index in [1.807, 2.05) is 6.07 Å². The summed E-state index contributed by atoms with van der Waals surface area (Å²) in [6.45, 7) is 2.90. The second kappa shape index (κ2) is 12.4. The zero-order valence-electron chi connectivity index (χ0n) is 13.8. The van der Waals surface area contributed by atoms with Crippen molar-refractivity contribution < 1.29 is 14.3 Å². The molecule has 0 aliphatic heterocycles. The molecule has 1 aromatic carbocycles. The molecule has 1 N–H and O–H groups in total. The van der Waals surface area contributed by atoms with Gasteiger partial charge in [0, 0.05) is 5.69 Å². The summed E-state index contributed by atoms with van der Waals surface area (Å²) in [5, 5.41) is 2.68. The van der Waals surface area contributed by atoms with E-state index in [1.54, 1.807) is 18.2 Å². The fourth-order valence-electron chi connectivity index (χ4n) is 2.25. The van der Waals surface area contributed by atoms with Gasteiger partial charge in [0.25, 0.3) is 0 Å². The number of nitrogens with zero attached hydrogens (tertiary/aromatic N) is 1. The smallest absolute Gasteiger partial charge is 0.411 e. The van der Waals surface area contributed by atoms with Gasteiger partial charge in [-0.2, -0.15) is 0 Å². The number of aliphatic imine (C=N–C) groups is 1. The standard InChI is InChI=1S/C18H26N2O3/c1-2-3-4-5-6-7-8-12-23-18(22)20-17-11-9-10-16(13-17)14-19-15-21/h9-11,13H,2-8,12,14H2,1H3,(H,20,22). The van der Waals surface area contributed by atoms with Gasteiger partial charge in [0.2, 0.25) is 6.08 Å². The van der Waals surface area contributed by atoms with Crippen LogP contribution in [-0.2, 0) is 16.1 Å². The highest BCUT2D eigenvalue weighted by Gasteiger charge is 2.03. The molecule has 0 heterocycles. The maximum atomic E-state index is 11.7. The summed E-state index contributed by atoms with van der Waals surface area (Å²) in [7, 11) is 0. The zero-order chi connectivity index (χ0) is 16.8. The van der Waals surface area contributed by atoms with E-state index in [9.17, 15) is 9.59 Å². The van der Waals surface area contributed by atoms with Crippen LogP contribution in [0, 0.1) is 0 Å². The Morgan fingerprint density at radius 3 is 2.65 bits per heavy atom. The van der Waals surface area contributed by atoms with Crippen molar-refractivity contribution in [3.63, 3.8) is 0 Å². The number of hydrogen-bond donors (Lipinski definition) is 1. The van der Waals surface area contributed by atoms with Gasteiger partial charge in [-0.3, -0.25) is 5.32 Å². The van der Waals surface area contributed by atoms with Gasteiger partial charge in [-0.15, -0.1) is 0 Å². The van der Waals surface area contributed by atoms with Gasteiger partial charge in [-0.25, -0.2) is 14.6 Å². The van der Waals surface area contributed by atoms with Crippen molar-refractivity contribution in [1.29, 1.82) is 0 Å². The van der Waals surface area contributed by atoms with Gasteiger partial charge in [-0.1, -0.05) is 57.6 Å². The number of unbranched alkanes of at least 4 members (excludes halogenated alkanes) is 6. The zero-order valence-corrected chi connectivity index (χ0v) is 13.8. The van der Waals surface area contributed by atoms with Crippen LogP contribution in [-0.4, -0.2) is 18.8 Å². The molecule has 1 amide bonds. The van der Waals surface area contributed by atoms with E-state index in [0.717, 1.165) is 18.4 Å². The van der Waals surface area contributed by atoms with Gasteiger partial charge in [0.15, 0.2) is 0 Å². The number of ether oxygens (including phenoxy) is 1. The van der Waals surface area contributed by atoms with Crippen molar-refractivity contribution in [1.82, 2.24) is 0 Å². The van der Waals surface area contributed by atoms with Crippen LogP contribution in [0.25, 0.3) is 0 Å². The van der Waals surface area contributed by atoms with Crippen LogP contribution in [0.3, 0.4) is 0 Å². The number of carbonyl (C=O) groups excluding carboxylic acids is 2. The minimum atomic E-state index is -0.452. The summed E-state index contributed by atoms with van der Waals surface area (Å²) >= 11 is 0. The molecule has 0 aliphatic rings. The van der Waals surface area contributed by atoms with E-state index in [1.165, 1.54) is 38.2 Å². The Labute approximate surface area is 138 Å². The van der Waals surface area contributed by atoms with Crippen molar-refractivity contribution in [2.75, 3.05) is 11.9 Å². The quantitative estimate of drug-likeness (QED) is 0.361. The van der Waals surface area contributed by atoms with Crippen molar-refractivity contribution in [3.05, 3.63) is 29.8 Å². The molecule has 5 heteroatoms. The molecule has 23 heavy (non-hydrogen) atoms. The summed E-state index contributed by atoms with van der Waals surface area (Å²) in [5.74, 6) is 0.